The van der Waals surface area contributed by atoms with Gasteiger partial charge in [-0.3, -0.25) is 0 Å². The van der Waals surface area contributed by atoms with E-state index in [4.69, 9.17) is 4.74 Å². The second kappa shape index (κ2) is 8.66. The molecule has 0 atom stereocenters. The van der Waals surface area contributed by atoms with E-state index in [1.165, 1.54) is 5.56 Å². The van der Waals surface area contributed by atoms with Crippen LogP contribution >= 0.6 is 0 Å². The van der Waals surface area contributed by atoms with Gasteiger partial charge in [-0.05, 0) is 24.5 Å². The molecule has 1 saturated heterocycles. The Morgan fingerprint density at radius 3 is 2.48 bits per heavy atom. The number of piperazine rings is 1. The Morgan fingerprint density at radius 2 is 1.83 bits per heavy atom. The van der Waals surface area contributed by atoms with E-state index >= 15 is 0 Å². The molecule has 1 aromatic rings. The highest BCUT2D eigenvalue weighted by molar-refractivity contribution is 7.89. The van der Waals surface area contributed by atoms with Gasteiger partial charge in [0.2, 0.25) is 10.0 Å². The lowest BCUT2D eigenvalue weighted by molar-refractivity contribution is 0.189. The molecule has 23 heavy (non-hydrogen) atoms. The largest absolute Gasteiger partial charge is 0.496 e. The van der Waals surface area contributed by atoms with E-state index in [0.29, 0.717) is 13.1 Å². The topological polar surface area (TPSA) is 49.9 Å². The molecule has 1 heterocycles. The number of sulfonamides is 1. The summed E-state index contributed by atoms with van der Waals surface area (Å²) in [5.41, 5.74) is 1.20. The van der Waals surface area contributed by atoms with Gasteiger partial charge in [-0.1, -0.05) is 31.5 Å². The molecule has 0 unspecified atom stereocenters. The van der Waals surface area contributed by atoms with Crippen molar-refractivity contribution in [2.24, 2.45) is 0 Å². The van der Waals surface area contributed by atoms with Crippen molar-refractivity contribution < 1.29 is 13.2 Å². The Labute approximate surface area is 140 Å². The summed E-state index contributed by atoms with van der Waals surface area (Å²) >= 11 is 0. The average Bonchev–Trinajstić information content (AvgIpc) is 2.59. The van der Waals surface area contributed by atoms with E-state index in [1.54, 1.807) is 11.4 Å². The van der Waals surface area contributed by atoms with Crippen LogP contribution in [-0.2, 0) is 16.4 Å². The molecule has 1 fully saturated rings. The van der Waals surface area contributed by atoms with Gasteiger partial charge in [-0.15, -0.1) is 0 Å². The summed E-state index contributed by atoms with van der Waals surface area (Å²) in [5, 5.41) is 0. The molecule has 1 aromatic carbocycles. The molecule has 6 heteroatoms. The smallest absolute Gasteiger partial charge is 0.214 e. The van der Waals surface area contributed by atoms with Crippen molar-refractivity contribution in [1.82, 2.24) is 9.21 Å². The SMILES string of the molecule is CCCCS(=O)(=O)N1CCN(CCc2ccccc2OC)CC1. The monoisotopic (exact) mass is 340 g/mol. The number of hydrogen-bond acceptors (Lipinski definition) is 4. The Morgan fingerprint density at radius 1 is 1.13 bits per heavy atom. The molecule has 0 amide bonds. The molecule has 130 valence electrons. The van der Waals surface area contributed by atoms with Crippen molar-refractivity contribution in [2.75, 3.05) is 45.6 Å². The summed E-state index contributed by atoms with van der Waals surface area (Å²) in [7, 11) is -1.37. The first-order chi connectivity index (χ1) is 11.1. The number of para-hydroxylation sites is 1. The zero-order valence-electron chi connectivity index (χ0n) is 14.2. The summed E-state index contributed by atoms with van der Waals surface area (Å²) in [6, 6.07) is 8.07. The van der Waals surface area contributed by atoms with Gasteiger partial charge in [-0.2, -0.15) is 4.31 Å². The van der Waals surface area contributed by atoms with Gasteiger partial charge >= 0.3 is 0 Å². The van der Waals surface area contributed by atoms with Crippen molar-refractivity contribution in [3.05, 3.63) is 29.8 Å². The fourth-order valence-corrected chi connectivity index (χ4v) is 4.51. The minimum absolute atomic E-state index is 0.282. The van der Waals surface area contributed by atoms with Crippen molar-refractivity contribution >= 4 is 10.0 Å². The maximum Gasteiger partial charge on any atom is 0.214 e. The number of nitrogens with zero attached hydrogens (tertiary/aromatic N) is 2. The first-order valence-corrected chi connectivity index (χ1v) is 10.00. The summed E-state index contributed by atoms with van der Waals surface area (Å²) in [4.78, 5) is 2.33. The van der Waals surface area contributed by atoms with Crippen LogP contribution in [0.3, 0.4) is 0 Å². The Bertz CT molecular complexity index is 581. The number of methoxy groups -OCH3 is 1. The van der Waals surface area contributed by atoms with Gasteiger partial charge in [0.15, 0.2) is 0 Å². The lowest BCUT2D eigenvalue weighted by Crippen LogP contribution is -2.49. The molecule has 5 nitrogen and oxygen atoms in total. The van der Waals surface area contributed by atoms with E-state index < -0.39 is 10.0 Å². The standard InChI is InChI=1S/C17H28N2O3S/c1-3-4-15-23(20,21)19-13-11-18(12-14-19)10-9-16-7-5-6-8-17(16)22-2/h5-8H,3-4,9-15H2,1-2H3. The van der Waals surface area contributed by atoms with Crippen molar-refractivity contribution in [3.63, 3.8) is 0 Å². The van der Waals surface area contributed by atoms with Crippen LogP contribution in [-0.4, -0.2) is 63.2 Å². The maximum absolute atomic E-state index is 12.2. The minimum atomic E-state index is -3.06. The van der Waals surface area contributed by atoms with E-state index in [9.17, 15) is 8.42 Å². The van der Waals surface area contributed by atoms with Crippen LogP contribution in [0, 0.1) is 0 Å². The Hall–Kier alpha value is -1.11. The number of unbranched alkanes of at least 4 members (excludes halogenated alkanes) is 1. The van der Waals surface area contributed by atoms with Gasteiger partial charge in [0.05, 0.1) is 12.9 Å². The highest BCUT2D eigenvalue weighted by Gasteiger charge is 2.26. The minimum Gasteiger partial charge on any atom is -0.496 e. The summed E-state index contributed by atoms with van der Waals surface area (Å²) in [6.45, 7) is 5.78. The lowest BCUT2D eigenvalue weighted by Gasteiger charge is -2.34. The Kier molecular flexibility index (Phi) is 6.87. The maximum atomic E-state index is 12.2. The van der Waals surface area contributed by atoms with Gasteiger partial charge in [0, 0.05) is 32.7 Å². The highest BCUT2D eigenvalue weighted by atomic mass is 32.2. The zero-order chi connectivity index (χ0) is 16.7. The van der Waals surface area contributed by atoms with Crippen LogP contribution in [0.15, 0.2) is 24.3 Å². The molecular weight excluding hydrogens is 312 g/mol. The van der Waals surface area contributed by atoms with Crippen LogP contribution in [0.2, 0.25) is 0 Å². The number of rotatable bonds is 8. The fraction of sp³-hybridized carbons (Fsp3) is 0.647. The van der Waals surface area contributed by atoms with Crippen molar-refractivity contribution in [1.29, 1.82) is 0 Å². The molecule has 0 N–H and O–H groups in total. The number of hydrogen-bond donors (Lipinski definition) is 0. The predicted molar refractivity (Wildman–Crippen MR) is 93.4 cm³/mol. The molecule has 0 aliphatic carbocycles. The average molecular weight is 340 g/mol. The van der Waals surface area contributed by atoms with Crippen LogP contribution in [0.1, 0.15) is 25.3 Å². The molecule has 0 saturated carbocycles. The molecule has 0 aromatic heterocycles. The first kappa shape index (κ1) is 18.2. The molecular formula is C17H28N2O3S. The van der Waals surface area contributed by atoms with E-state index in [2.05, 4.69) is 11.0 Å². The van der Waals surface area contributed by atoms with Crippen molar-refractivity contribution in [3.8, 4) is 5.75 Å². The molecule has 0 spiro atoms. The van der Waals surface area contributed by atoms with Crippen LogP contribution in [0.25, 0.3) is 0 Å². The Balaban J connectivity index is 1.81. The quantitative estimate of drug-likeness (QED) is 0.726. The van der Waals surface area contributed by atoms with Gasteiger partial charge in [0.25, 0.3) is 0 Å². The summed E-state index contributed by atoms with van der Waals surface area (Å²) in [5.74, 6) is 1.21. The molecule has 0 bridgehead atoms. The summed E-state index contributed by atoms with van der Waals surface area (Å²) in [6.07, 6.45) is 2.58. The second-order valence-electron chi connectivity index (χ2n) is 5.97. The van der Waals surface area contributed by atoms with E-state index in [1.807, 2.05) is 25.1 Å². The van der Waals surface area contributed by atoms with Crippen molar-refractivity contribution in [2.45, 2.75) is 26.2 Å². The van der Waals surface area contributed by atoms with Gasteiger partial charge < -0.3 is 9.64 Å². The third kappa shape index (κ3) is 5.19. The fourth-order valence-electron chi connectivity index (χ4n) is 2.88. The molecule has 2 rings (SSSR count). The van der Waals surface area contributed by atoms with E-state index in [0.717, 1.165) is 44.6 Å². The van der Waals surface area contributed by atoms with E-state index in [-0.39, 0.29) is 5.75 Å². The van der Waals surface area contributed by atoms with Gasteiger partial charge in [-0.25, -0.2) is 8.42 Å². The zero-order valence-corrected chi connectivity index (χ0v) is 15.0. The lowest BCUT2D eigenvalue weighted by atomic mass is 10.1. The van der Waals surface area contributed by atoms with Crippen LogP contribution in [0.4, 0.5) is 0 Å². The normalized spacial score (nSPS) is 17.3. The number of benzene rings is 1. The third-order valence-electron chi connectivity index (χ3n) is 4.37. The molecule has 0 radical (unpaired) electrons. The summed E-state index contributed by atoms with van der Waals surface area (Å²) < 4.78 is 31.4. The van der Waals surface area contributed by atoms with Gasteiger partial charge in [0.1, 0.15) is 5.75 Å². The first-order valence-electron chi connectivity index (χ1n) is 8.39. The van der Waals surface area contributed by atoms with Crippen LogP contribution < -0.4 is 4.74 Å². The third-order valence-corrected chi connectivity index (χ3v) is 6.33. The number of ether oxygens (including phenoxy) is 1. The highest BCUT2D eigenvalue weighted by Crippen LogP contribution is 2.18. The molecule has 1 aliphatic rings. The predicted octanol–water partition coefficient (Wildman–Crippen LogP) is 1.99. The molecule has 1 aliphatic heterocycles. The second-order valence-corrected chi connectivity index (χ2v) is 8.06. The van der Waals surface area contributed by atoms with Crippen LogP contribution in [0.5, 0.6) is 5.75 Å².